The van der Waals surface area contributed by atoms with Gasteiger partial charge in [0.1, 0.15) is 5.82 Å². The number of hydrogen-bond donors (Lipinski definition) is 0. The molecule has 35 heavy (non-hydrogen) atoms. The van der Waals surface area contributed by atoms with E-state index in [4.69, 9.17) is 9.47 Å². The van der Waals surface area contributed by atoms with Crippen LogP contribution in [-0.4, -0.2) is 13.2 Å². The van der Waals surface area contributed by atoms with Crippen LogP contribution in [0.5, 0.6) is 5.75 Å². The van der Waals surface area contributed by atoms with E-state index in [1.165, 1.54) is 18.2 Å². The molecule has 0 amide bonds. The second-order valence-corrected chi connectivity index (χ2v) is 8.57. The van der Waals surface area contributed by atoms with Gasteiger partial charge in [-0.25, -0.2) is 17.6 Å². The fourth-order valence-corrected chi connectivity index (χ4v) is 4.70. The Bertz CT molecular complexity index is 1380. The molecule has 5 rings (SSSR count). The lowest BCUT2D eigenvalue weighted by molar-refractivity contribution is 0.0399. The highest BCUT2D eigenvalue weighted by molar-refractivity contribution is 5.84. The Kier molecular flexibility index (Phi) is 5.67. The first-order valence-electron chi connectivity index (χ1n) is 11.1. The Hall–Kier alpha value is -3.26. The quantitative estimate of drug-likeness (QED) is 0.274. The van der Waals surface area contributed by atoms with Crippen molar-refractivity contribution in [2.45, 2.75) is 32.3 Å². The lowest BCUT2D eigenvalue weighted by Crippen LogP contribution is -2.16. The minimum absolute atomic E-state index is 0.0418. The molecule has 0 bridgehead atoms. The molecule has 0 fully saturated rings. The average molecular weight is 490 g/mol. The highest BCUT2D eigenvalue weighted by Gasteiger charge is 2.50. The Morgan fingerprint density at radius 2 is 1.43 bits per heavy atom. The van der Waals surface area contributed by atoms with E-state index in [1.807, 2.05) is 13.0 Å². The van der Waals surface area contributed by atoms with Gasteiger partial charge in [0.05, 0.1) is 30.4 Å². The van der Waals surface area contributed by atoms with E-state index in [2.05, 4.69) is 0 Å². The SMILES string of the molecule is CCOc1ccc2c(c1F)C(F)(F)c1c-2ccc(-c2ccc(C3CC=C(C)CO3)c(F)c2F)c1F. The lowest BCUT2D eigenvalue weighted by atomic mass is 9.94. The summed E-state index contributed by atoms with van der Waals surface area (Å²) in [6, 6.07) is 7.09. The Labute approximate surface area is 197 Å². The van der Waals surface area contributed by atoms with E-state index in [-0.39, 0.29) is 35.7 Å². The molecule has 3 aromatic carbocycles. The predicted octanol–water partition coefficient (Wildman–Crippen LogP) is 7.84. The predicted molar refractivity (Wildman–Crippen MR) is 118 cm³/mol. The summed E-state index contributed by atoms with van der Waals surface area (Å²) in [5, 5.41) is 0. The maximum atomic E-state index is 15.6. The third-order valence-corrected chi connectivity index (χ3v) is 6.41. The first-order valence-corrected chi connectivity index (χ1v) is 11.1. The minimum atomic E-state index is -4.04. The summed E-state index contributed by atoms with van der Waals surface area (Å²) < 4.78 is 102. The van der Waals surface area contributed by atoms with Crippen molar-refractivity contribution in [2.75, 3.05) is 13.2 Å². The average Bonchev–Trinajstić information content (AvgIpc) is 3.06. The van der Waals surface area contributed by atoms with Crippen molar-refractivity contribution in [3.8, 4) is 28.0 Å². The first kappa shape index (κ1) is 23.5. The molecule has 8 heteroatoms. The van der Waals surface area contributed by atoms with Gasteiger partial charge in [0, 0.05) is 16.7 Å². The largest absolute Gasteiger partial charge is 0.491 e. The third kappa shape index (κ3) is 3.54. The van der Waals surface area contributed by atoms with Gasteiger partial charge in [0.25, 0.3) is 0 Å². The van der Waals surface area contributed by atoms with Crippen molar-refractivity contribution in [3.05, 3.63) is 88.0 Å². The normalized spacial score (nSPS) is 18.2. The molecule has 2 nitrogen and oxygen atoms in total. The molecule has 0 saturated carbocycles. The summed E-state index contributed by atoms with van der Waals surface area (Å²) in [5.74, 6) is -9.76. The Balaban J connectivity index is 1.61. The molecule has 1 unspecified atom stereocenters. The van der Waals surface area contributed by atoms with Crippen molar-refractivity contribution in [2.24, 2.45) is 0 Å². The van der Waals surface area contributed by atoms with Crippen LogP contribution in [0, 0.1) is 23.3 Å². The van der Waals surface area contributed by atoms with Crippen LogP contribution in [0.4, 0.5) is 26.3 Å². The Morgan fingerprint density at radius 3 is 2.09 bits per heavy atom. The number of alkyl halides is 2. The summed E-state index contributed by atoms with van der Waals surface area (Å²) in [6.45, 7) is 3.74. The first-order chi connectivity index (χ1) is 16.7. The lowest BCUT2D eigenvalue weighted by Gasteiger charge is -2.23. The van der Waals surface area contributed by atoms with Crippen LogP contribution in [0.25, 0.3) is 22.3 Å². The highest BCUT2D eigenvalue weighted by atomic mass is 19.3. The zero-order valence-corrected chi connectivity index (χ0v) is 18.8. The Morgan fingerprint density at radius 1 is 0.829 bits per heavy atom. The highest BCUT2D eigenvalue weighted by Crippen LogP contribution is 2.55. The molecule has 1 heterocycles. The van der Waals surface area contributed by atoms with Crippen LogP contribution >= 0.6 is 0 Å². The van der Waals surface area contributed by atoms with Crippen LogP contribution in [-0.2, 0) is 10.7 Å². The van der Waals surface area contributed by atoms with E-state index >= 15 is 17.6 Å². The van der Waals surface area contributed by atoms with Crippen LogP contribution in [0.15, 0.2) is 48.0 Å². The number of rotatable bonds is 4. The topological polar surface area (TPSA) is 18.5 Å². The van der Waals surface area contributed by atoms with Gasteiger partial charge in [-0.2, -0.15) is 8.78 Å². The fraction of sp³-hybridized carbons (Fsp3) is 0.259. The van der Waals surface area contributed by atoms with Gasteiger partial charge >= 0.3 is 5.92 Å². The molecule has 0 radical (unpaired) electrons. The molecule has 0 N–H and O–H groups in total. The summed E-state index contributed by atoms with van der Waals surface area (Å²) >= 11 is 0. The second-order valence-electron chi connectivity index (χ2n) is 8.57. The van der Waals surface area contributed by atoms with Crippen LogP contribution in [0.1, 0.15) is 43.1 Å². The molecule has 182 valence electrons. The zero-order chi connectivity index (χ0) is 25.1. The van der Waals surface area contributed by atoms with Crippen LogP contribution in [0.3, 0.4) is 0 Å². The number of benzene rings is 3. The van der Waals surface area contributed by atoms with Crippen molar-refractivity contribution in [1.82, 2.24) is 0 Å². The number of halogens is 6. The van der Waals surface area contributed by atoms with Crippen molar-refractivity contribution < 1.29 is 35.8 Å². The van der Waals surface area contributed by atoms with E-state index in [0.717, 1.165) is 23.8 Å². The van der Waals surface area contributed by atoms with E-state index in [0.29, 0.717) is 6.42 Å². The molecule has 1 atom stereocenters. The minimum Gasteiger partial charge on any atom is -0.491 e. The summed E-state index contributed by atoms with van der Waals surface area (Å²) in [5.41, 5.74) is -2.64. The molecule has 1 aliphatic carbocycles. The van der Waals surface area contributed by atoms with Crippen LogP contribution < -0.4 is 4.74 Å². The van der Waals surface area contributed by atoms with Gasteiger partial charge in [-0.15, -0.1) is 0 Å². The second kappa shape index (κ2) is 8.45. The molecule has 0 spiro atoms. The maximum absolute atomic E-state index is 15.6. The van der Waals surface area contributed by atoms with Crippen molar-refractivity contribution in [3.63, 3.8) is 0 Å². The van der Waals surface area contributed by atoms with E-state index < -0.39 is 57.5 Å². The molecule has 1 aliphatic heterocycles. The zero-order valence-electron chi connectivity index (χ0n) is 18.8. The summed E-state index contributed by atoms with van der Waals surface area (Å²) in [7, 11) is 0. The van der Waals surface area contributed by atoms with Gasteiger partial charge in [0.2, 0.25) is 0 Å². The van der Waals surface area contributed by atoms with Gasteiger partial charge in [-0.05, 0) is 43.5 Å². The van der Waals surface area contributed by atoms with Crippen LogP contribution in [0.2, 0.25) is 0 Å². The number of fused-ring (bicyclic) bond motifs is 3. The fourth-order valence-electron chi connectivity index (χ4n) is 4.70. The van der Waals surface area contributed by atoms with E-state index in [1.54, 1.807) is 6.92 Å². The molecular weight excluding hydrogens is 470 g/mol. The maximum Gasteiger partial charge on any atom is 0.305 e. The molecule has 0 saturated heterocycles. The van der Waals surface area contributed by atoms with E-state index in [9.17, 15) is 8.78 Å². The third-order valence-electron chi connectivity index (χ3n) is 6.41. The molecular formula is C27H20F6O2. The summed E-state index contributed by atoms with van der Waals surface area (Å²) in [4.78, 5) is 0. The van der Waals surface area contributed by atoms with Crippen molar-refractivity contribution >= 4 is 0 Å². The van der Waals surface area contributed by atoms with Gasteiger partial charge < -0.3 is 9.47 Å². The molecule has 2 aliphatic rings. The number of ether oxygens (including phenoxy) is 2. The monoisotopic (exact) mass is 490 g/mol. The smallest absolute Gasteiger partial charge is 0.305 e. The van der Waals surface area contributed by atoms with Gasteiger partial charge in [-0.1, -0.05) is 35.9 Å². The van der Waals surface area contributed by atoms with Gasteiger partial charge in [0.15, 0.2) is 23.2 Å². The molecule has 0 aromatic heterocycles. The van der Waals surface area contributed by atoms with Gasteiger partial charge in [-0.3, -0.25) is 0 Å². The van der Waals surface area contributed by atoms with Crippen molar-refractivity contribution in [1.29, 1.82) is 0 Å². The standard InChI is InChI=1S/C27H20F6O2/c1-3-34-20-11-9-15-14-5-6-16(23(28)21(14)27(32,33)22(15)26(20)31)17-7-8-18(25(30)24(17)29)19-10-4-13(2)12-35-19/h4-9,11,19H,3,10,12H2,1-2H3. The molecule has 3 aromatic rings. The number of hydrogen-bond acceptors (Lipinski definition) is 2. The summed E-state index contributed by atoms with van der Waals surface area (Å²) in [6.07, 6.45) is 1.48.